The number of aliphatic hydroxyl groups is 1. The van der Waals surface area contributed by atoms with Crippen molar-refractivity contribution in [3.63, 3.8) is 0 Å². The van der Waals surface area contributed by atoms with Crippen LogP contribution in [0.15, 0.2) is 94.3 Å². The highest BCUT2D eigenvalue weighted by molar-refractivity contribution is 5.97. The molecule has 11 nitrogen and oxygen atoms in total. The van der Waals surface area contributed by atoms with Gasteiger partial charge in [-0.3, -0.25) is 9.59 Å². The average Bonchev–Trinajstić information content (AvgIpc) is 1.63. The van der Waals surface area contributed by atoms with Crippen molar-refractivity contribution in [1.82, 2.24) is 9.80 Å². The number of carbonyl (C=O) groups excluding carboxylic acids is 4. The third-order valence-electron chi connectivity index (χ3n) is 26.5. The maximum atomic E-state index is 13.5. The number of aliphatic hydroxyl groups excluding tert-OH is 1. The molecule has 8 aliphatic carbocycles. The standard InChI is InChI=1S/C38H48F3NO5.C36H49NO4/c1-21-14-32-33(42(19-21)35(45)46-20-24-8-6-5-7-9-24)23(3)37(47-32)13-12-26-27-11-10-25-15-31(43)29(34(44)38(39,40)41)18-36(25,4)30(27)16-28(26)22(2)17-37;1-22-16-32-33(37(20-22)34(39)40-21-25-8-6-5-7-9-25)24(3)36(41-32)15-13-28-29-11-10-26-17-27(38)12-14-35(26,4)31(29)18-30(28)23(2)19-36/h5-9,21,23,25-27,30,32-33,44H,10-20H2,1-4H3;5-9,22,24,26,28-29,31-33H,10-21H2,1-4H3/b34-29-;/t21-,23+,25+,26-,27-,30-,32+,33-,36-,37-;22-,24+,26+,28-,29-,31-,32+,33-,35-,36-/m00/s1. The molecular weight excluding hydrogens is 1120 g/mol. The van der Waals surface area contributed by atoms with Crippen molar-refractivity contribution in [2.24, 2.45) is 81.8 Å². The number of nitrogens with zero attached hydrogens (tertiary/aromatic N) is 2. The van der Waals surface area contributed by atoms with Crippen LogP contribution in [0.3, 0.4) is 0 Å². The summed E-state index contributed by atoms with van der Waals surface area (Å²) < 4.78 is 66.6. The van der Waals surface area contributed by atoms with Crippen LogP contribution in [0, 0.1) is 81.8 Å². The molecule has 14 heteroatoms. The van der Waals surface area contributed by atoms with Crippen molar-refractivity contribution in [3.8, 4) is 0 Å². The summed E-state index contributed by atoms with van der Waals surface area (Å²) in [6.07, 6.45) is 11.6. The monoisotopic (exact) mass is 1210 g/mol. The summed E-state index contributed by atoms with van der Waals surface area (Å²) >= 11 is 0. The lowest BCUT2D eigenvalue weighted by Gasteiger charge is -2.52. The highest BCUT2D eigenvalue weighted by atomic mass is 19.4. The minimum atomic E-state index is -4.92. The second kappa shape index (κ2) is 23.3. The smallest absolute Gasteiger partial charge is 0.449 e. The fourth-order valence-electron chi connectivity index (χ4n) is 22.0. The molecule has 10 fully saturated rings. The van der Waals surface area contributed by atoms with Crippen molar-refractivity contribution in [2.75, 3.05) is 13.1 Å². The molecule has 4 aliphatic heterocycles. The quantitative estimate of drug-likeness (QED) is 0.181. The molecule has 14 rings (SSSR count). The van der Waals surface area contributed by atoms with Gasteiger partial charge in [0, 0.05) is 49.8 Å². The van der Waals surface area contributed by atoms with Gasteiger partial charge >= 0.3 is 18.4 Å². The Bertz CT molecular complexity index is 3120. The number of fused-ring (bicyclic) bond motifs is 12. The summed E-state index contributed by atoms with van der Waals surface area (Å²) in [7, 11) is 0. The third-order valence-corrected chi connectivity index (χ3v) is 26.5. The Morgan fingerprint density at radius 1 is 0.614 bits per heavy atom. The van der Waals surface area contributed by atoms with Gasteiger partial charge in [0.25, 0.3) is 0 Å². The minimum absolute atomic E-state index is 0.0100. The van der Waals surface area contributed by atoms with E-state index in [0.29, 0.717) is 59.9 Å². The molecule has 2 aromatic carbocycles. The first-order valence-electron chi connectivity index (χ1n) is 34.1. The van der Waals surface area contributed by atoms with E-state index in [4.69, 9.17) is 18.9 Å². The van der Waals surface area contributed by atoms with E-state index >= 15 is 0 Å². The predicted molar refractivity (Wildman–Crippen MR) is 329 cm³/mol. The van der Waals surface area contributed by atoms with Crippen LogP contribution in [-0.4, -0.2) is 93.4 Å². The van der Waals surface area contributed by atoms with Crippen LogP contribution in [0.4, 0.5) is 22.8 Å². The maximum absolute atomic E-state index is 13.5. The number of alkyl halides is 3. The Hall–Kier alpha value is -4.95. The lowest BCUT2D eigenvalue weighted by molar-refractivity contribution is -0.134. The highest BCUT2D eigenvalue weighted by Crippen LogP contribution is 2.68. The van der Waals surface area contributed by atoms with Crippen LogP contribution in [0.5, 0.6) is 0 Å². The fourth-order valence-corrected chi connectivity index (χ4v) is 22.0. The van der Waals surface area contributed by atoms with Crippen LogP contribution < -0.4 is 0 Å². The van der Waals surface area contributed by atoms with E-state index in [0.717, 1.165) is 113 Å². The Balaban J connectivity index is 0.000000164. The first-order valence-corrected chi connectivity index (χ1v) is 34.1. The number of allylic oxidation sites excluding steroid dienone is 4. The predicted octanol–water partition coefficient (Wildman–Crippen LogP) is 16.4. The number of likely N-dealkylation sites (tertiary alicyclic amines) is 2. The van der Waals surface area contributed by atoms with Crippen molar-refractivity contribution in [2.45, 2.75) is 232 Å². The topological polar surface area (TPSA) is 132 Å². The SMILES string of the molecule is CC1=C2C[C@H]3[C@@H](CC[C@@H]4CC(=O)/C(=C(\O)C(F)(F)F)C[C@@]43C)[C@@H]2CC[C@@]2(C1)O[C@@H]1C[C@H](C)CN(C(=O)OCc3ccccc3)[C@H]1[C@H]2C.CC1=C2C[C@H]3[C@@H](CC[C@@H]4CC(=O)CC[C@@]43C)[C@@H]2CC[C@@]2(C1)O[C@@H]1C[C@H](C)CN(C(=O)OCc3ccccc3)[C@H]1[C@H]2C. The summed E-state index contributed by atoms with van der Waals surface area (Å²) in [5.74, 6) is 2.96. The molecule has 20 atom stereocenters. The second-order valence-electron chi connectivity index (χ2n) is 31.2. The van der Waals surface area contributed by atoms with E-state index in [1.807, 2.05) is 70.5 Å². The summed E-state index contributed by atoms with van der Waals surface area (Å²) in [6, 6.07) is 19.7. The fraction of sp³-hybridized carbons (Fsp3) is 0.703. The summed E-state index contributed by atoms with van der Waals surface area (Å²) in [5, 5.41) is 10.1. The van der Waals surface area contributed by atoms with Crippen molar-refractivity contribution in [1.29, 1.82) is 0 Å². The molecule has 0 bridgehead atoms. The van der Waals surface area contributed by atoms with Crippen molar-refractivity contribution >= 4 is 23.8 Å². The molecule has 2 amide bonds. The molecule has 478 valence electrons. The first kappa shape index (κ1) is 61.9. The van der Waals surface area contributed by atoms with Gasteiger partial charge in [-0.05, 0) is 198 Å². The summed E-state index contributed by atoms with van der Waals surface area (Å²) in [4.78, 5) is 56.1. The van der Waals surface area contributed by atoms with Crippen LogP contribution >= 0.6 is 0 Å². The number of hydrogen-bond donors (Lipinski definition) is 1. The van der Waals surface area contributed by atoms with Gasteiger partial charge in [-0.2, -0.15) is 13.2 Å². The highest BCUT2D eigenvalue weighted by Gasteiger charge is 2.64. The number of rotatable bonds is 4. The van der Waals surface area contributed by atoms with Crippen LogP contribution in [0.1, 0.15) is 189 Å². The van der Waals surface area contributed by atoms with Gasteiger partial charge in [0.05, 0.1) is 35.5 Å². The van der Waals surface area contributed by atoms with Gasteiger partial charge in [0.15, 0.2) is 5.78 Å². The van der Waals surface area contributed by atoms with Crippen LogP contribution in [0.25, 0.3) is 0 Å². The zero-order chi connectivity index (χ0) is 62.0. The van der Waals surface area contributed by atoms with E-state index < -0.39 is 28.7 Å². The summed E-state index contributed by atoms with van der Waals surface area (Å²) in [6.45, 7) is 20.2. The zero-order valence-corrected chi connectivity index (χ0v) is 53.5. The molecule has 2 aromatic rings. The number of Topliss-reactive ketones (excluding diaryl/α,β-unsaturated/α-hetero) is 2. The van der Waals surface area contributed by atoms with E-state index in [2.05, 4.69) is 55.4 Å². The maximum Gasteiger partial charge on any atom is 0.449 e. The third kappa shape index (κ3) is 10.7. The van der Waals surface area contributed by atoms with Gasteiger partial charge < -0.3 is 33.9 Å². The molecule has 2 spiro atoms. The number of carbonyl (C=O) groups is 4. The van der Waals surface area contributed by atoms with E-state index in [1.54, 1.807) is 11.1 Å². The first-order chi connectivity index (χ1) is 41.9. The molecule has 0 unspecified atom stereocenters. The zero-order valence-electron chi connectivity index (χ0n) is 53.5. The number of ether oxygens (including phenoxy) is 4. The Kier molecular flexibility index (Phi) is 16.4. The summed E-state index contributed by atoms with van der Waals surface area (Å²) in [5.41, 5.74) is 6.87. The normalized spacial score (nSPS) is 42.4. The molecule has 88 heavy (non-hydrogen) atoms. The molecule has 1 N–H and O–H groups in total. The second-order valence-corrected chi connectivity index (χ2v) is 31.2. The number of hydrogen-bond acceptors (Lipinski definition) is 9. The van der Waals surface area contributed by atoms with E-state index in [1.165, 1.54) is 36.8 Å². The number of halogens is 3. The lowest BCUT2D eigenvalue weighted by Crippen LogP contribution is -2.54. The van der Waals surface area contributed by atoms with Crippen molar-refractivity contribution in [3.05, 3.63) is 105 Å². The van der Waals surface area contributed by atoms with Crippen LogP contribution in [0.2, 0.25) is 0 Å². The van der Waals surface area contributed by atoms with Gasteiger partial charge in [0.1, 0.15) is 19.0 Å². The van der Waals surface area contributed by atoms with Gasteiger partial charge in [0.2, 0.25) is 5.76 Å². The molecule has 6 saturated carbocycles. The van der Waals surface area contributed by atoms with Gasteiger partial charge in [-0.15, -0.1) is 0 Å². The number of piperidine rings is 2. The van der Waals surface area contributed by atoms with E-state index in [9.17, 15) is 37.5 Å². The molecule has 0 radical (unpaired) electrons. The molecule has 4 saturated heterocycles. The Labute approximate surface area is 520 Å². The molecule has 0 aromatic heterocycles. The number of amides is 2. The molecular formula is C74H97F3N2O9. The average molecular weight is 1220 g/mol. The number of ketones is 2. The minimum Gasteiger partial charge on any atom is -0.504 e. The molecule has 4 heterocycles. The van der Waals surface area contributed by atoms with Crippen molar-refractivity contribution < 1.29 is 56.4 Å². The largest absolute Gasteiger partial charge is 0.504 e. The van der Waals surface area contributed by atoms with Crippen LogP contribution in [-0.2, 0) is 41.8 Å². The van der Waals surface area contributed by atoms with Gasteiger partial charge in [-0.1, -0.05) is 124 Å². The Morgan fingerprint density at radius 3 is 1.53 bits per heavy atom. The molecule has 12 aliphatic rings. The Morgan fingerprint density at radius 2 is 1.07 bits per heavy atom. The van der Waals surface area contributed by atoms with E-state index in [-0.39, 0.29) is 90.8 Å². The van der Waals surface area contributed by atoms with Gasteiger partial charge in [-0.25, -0.2) is 9.59 Å². The number of benzene rings is 2. The lowest BCUT2D eigenvalue weighted by atomic mass is 9.51.